The van der Waals surface area contributed by atoms with Crippen LogP contribution < -0.4 is 0 Å². The molecule has 7 nitrogen and oxygen atoms in total. The minimum absolute atomic E-state index is 0.0657. The van der Waals surface area contributed by atoms with Crippen LogP contribution in [0.2, 0.25) is 0 Å². The molecule has 1 fully saturated rings. The molecule has 1 aliphatic rings. The highest BCUT2D eigenvalue weighted by molar-refractivity contribution is 6.03. The fourth-order valence-electron chi connectivity index (χ4n) is 1.76. The lowest BCUT2D eigenvalue weighted by atomic mass is 10.2. The summed E-state index contributed by atoms with van der Waals surface area (Å²) >= 11 is 0. The Labute approximate surface area is 97.6 Å². The Morgan fingerprint density at radius 2 is 2.06 bits per heavy atom. The van der Waals surface area contributed by atoms with Crippen molar-refractivity contribution in [3.8, 4) is 0 Å². The van der Waals surface area contributed by atoms with E-state index in [0.29, 0.717) is 26.3 Å². The maximum absolute atomic E-state index is 12.2. The first-order valence-corrected chi connectivity index (χ1v) is 5.23. The Kier molecular flexibility index (Phi) is 3.10. The molecule has 0 atom stereocenters. The molecule has 0 bridgehead atoms. The molecular formula is C10H13N3O4. The van der Waals surface area contributed by atoms with E-state index < -0.39 is 5.97 Å². The SMILES string of the molecule is Cn1ncc(C(=O)O)c1C(=O)N1CCOCC1. The van der Waals surface area contributed by atoms with Crippen LogP contribution >= 0.6 is 0 Å². The third-order valence-corrected chi connectivity index (χ3v) is 2.67. The molecule has 1 aromatic heterocycles. The van der Waals surface area contributed by atoms with Gasteiger partial charge in [-0.1, -0.05) is 0 Å². The number of carboxylic acids is 1. The van der Waals surface area contributed by atoms with Crippen LogP contribution in [-0.2, 0) is 11.8 Å². The summed E-state index contributed by atoms with van der Waals surface area (Å²) in [5, 5.41) is 12.8. The summed E-state index contributed by atoms with van der Waals surface area (Å²) in [5.74, 6) is -1.46. The summed E-state index contributed by atoms with van der Waals surface area (Å²) in [7, 11) is 1.56. The van der Waals surface area contributed by atoms with Crippen LogP contribution in [0.5, 0.6) is 0 Å². The number of carboxylic acid groups (broad SMARTS) is 1. The van der Waals surface area contributed by atoms with Crippen molar-refractivity contribution in [1.82, 2.24) is 14.7 Å². The van der Waals surface area contributed by atoms with Crippen molar-refractivity contribution in [2.75, 3.05) is 26.3 Å². The summed E-state index contributed by atoms with van der Waals surface area (Å²) in [5.41, 5.74) is 0.0448. The maximum Gasteiger partial charge on any atom is 0.339 e. The van der Waals surface area contributed by atoms with E-state index in [2.05, 4.69) is 5.10 Å². The Balaban J connectivity index is 2.29. The summed E-state index contributed by atoms with van der Waals surface area (Å²) < 4.78 is 6.44. The largest absolute Gasteiger partial charge is 0.478 e. The Hall–Kier alpha value is -1.89. The van der Waals surface area contributed by atoms with Gasteiger partial charge in [0.1, 0.15) is 11.3 Å². The second-order valence-electron chi connectivity index (χ2n) is 3.74. The van der Waals surface area contributed by atoms with Gasteiger partial charge in [-0.3, -0.25) is 9.48 Å². The second kappa shape index (κ2) is 4.54. The quantitative estimate of drug-likeness (QED) is 0.758. The molecule has 0 radical (unpaired) electrons. The van der Waals surface area contributed by atoms with Crippen LogP contribution in [0.1, 0.15) is 20.8 Å². The van der Waals surface area contributed by atoms with Crippen molar-refractivity contribution in [3.05, 3.63) is 17.5 Å². The van der Waals surface area contributed by atoms with E-state index in [1.807, 2.05) is 0 Å². The van der Waals surface area contributed by atoms with Gasteiger partial charge in [0, 0.05) is 20.1 Å². The molecule has 0 unspecified atom stereocenters. The third-order valence-electron chi connectivity index (χ3n) is 2.67. The van der Waals surface area contributed by atoms with Crippen molar-refractivity contribution in [1.29, 1.82) is 0 Å². The van der Waals surface area contributed by atoms with E-state index in [4.69, 9.17) is 9.84 Å². The van der Waals surface area contributed by atoms with Crippen LogP contribution in [0.3, 0.4) is 0 Å². The minimum Gasteiger partial charge on any atom is -0.478 e. The highest BCUT2D eigenvalue weighted by Gasteiger charge is 2.26. The topological polar surface area (TPSA) is 84.7 Å². The number of aryl methyl sites for hydroxylation is 1. The van der Waals surface area contributed by atoms with Gasteiger partial charge in [0.15, 0.2) is 0 Å². The van der Waals surface area contributed by atoms with E-state index in [-0.39, 0.29) is 17.2 Å². The van der Waals surface area contributed by atoms with Crippen LogP contribution in [0, 0.1) is 0 Å². The number of hydrogen-bond acceptors (Lipinski definition) is 4. The molecular weight excluding hydrogens is 226 g/mol. The molecule has 1 saturated heterocycles. The average Bonchev–Trinajstić information content (AvgIpc) is 2.71. The summed E-state index contributed by atoms with van der Waals surface area (Å²) in [4.78, 5) is 24.7. The summed E-state index contributed by atoms with van der Waals surface area (Å²) in [6.07, 6.45) is 1.19. The normalized spacial score (nSPS) is 15.9. The van der Waals surface area contributed by atoms with Gasteiger partial charge in [-0.05, 0) is 0 Å². The number of morpholine rings is 1. The Morgan fingerprint density at radius 1 is 1.41 bits per heavy atom. The van der Waals surface area contributed by atoms with Crippen molar-refractivity contribution in [2.45, 2.75) is 0 Å². The number of hydrogen-bond donors (Lipinski definition) is 1. The molecule has 92 valence electrons. The van der Waals surface area contributed by atoms with Crippen LogP contribution in [-0.4, -0.2) is 58.0 Å². The molecule has 2 rings (SSSR count). The number of nitrogens with zero attached hydrogens (tertiary/aromatic N) is 3. The predicted octanol–water partition coefficient (Wildman–Crippen LogP) is -0.409. The molecule has 1 amide bonds. The van der Waals surface area contributed by atoms with Gasteiger partial charge < -0.3 is 14.7 Å². The van der Waals surface area contributed by atoms with E-state index in [0.717, 1.165) is 0 Å². The van der Waals surface area contributed by atoms with Gasteiger partial charge in [0.25, 0.3) is 5.91 Å². The van der Waals surface area contributed by atoms with Crippen molar-refractivity contribution >= 4 is 11.9 Å². The molecule has 0 spiro atoms. The zero-order valence-corrected chi connectivity index (χ0v) is 9.42. The molecule has 1 aromatic rings. The van der Waals surface area contributed by atoms with E-state index in [1.165, 1.54) is 10.9 Å². The molecule has 0 aliphatic carbocycles. The summed E-state index contributed by atoms with van der Waals surface area (Å²) in [6, 6.07) is 0. The second-order valence-corrected chi connectivity index (χ2v) is 3.74. The number of ether oxygens (including phenoxy) is 1. The Morgan fingerprint density at radius 3 is 2.65 bits per heavy atom. The smallest absolute Gasteiger partial charge is 0.339 e. The number of carbonyl (C=O) groups excluding carboxylic acids is 1. The van der Waals surface area contributed by atoms with Crippen molar-refractivity contribution in [2.24, 2.45) is 7.05 Å². The number of amides is 1. The molecule has 1 N–H and O–H groups in total. The predicted molar refractivity (Wildman–Crippen MR) is 56.9 cm³/mol. The fraction of sp³-hybridized carbons (Fsp3) is 0.500. The average molecular weight is 239 g/mol. The van der Waals surface area contributed by atoms with Gasteiger partial charge >= 0.3 is 5.97 Å². The fourth-order valence-corrected chi connectivity index (χ4v) is 1.76. The van der Waals surface area contributed by atoms with Gasteiger partial charge in [-0.2, -0.15) is 5.10 Å². The monoisotopic (exact) mass is 239 g/mol. The highest BCUT2D eigenvalue weighted by Crippen LogP contribution is 2.12. The van der Waals surface area contributed by atoms with Gasteiger partial charge in [-0.15, -0.1) is 0 Å². The van der Waals surface area contributed by atoms with E-state index in [9.17, 15) is 9.59 Å². The Bertz CT molecular complexity index is 448. The first-order chi connectivity index (χ1) is 8.11. The number of rotatable bonds is 2. The van der Waals surface area contributed by atoms with E-state index >= 15 is 0 Å². The maximum atomic E-state index is 12.2. The number of carbonyl (C=O) groups is 2. The van der Waals surface area contributed by atoms with Crippen LogP contribution in [0.25, 0.3) is 0 Å². The lowest BCUT2D eigenvalue weighted by Gasteiger charge is -2.26. The van der Waals surface area contributed by atoms with Crippen LogP contribution in [0.4, 0.5) is 0 Å². The van der Waals surface area contributed by atoms with Crippen molar-refractivity contribution < 1.29 is 19.4 Å². The molecule has 17 heavy (non-hydrogen) atoms. The van der Waals surface area contributed by atoms with Gasteiger partial charge in [-0.25, -0.2) is 4.79 Å². The molecule has 0 aromatic carbocycles. The van der Waals surface area contributed by atoms with E-state index in [1.54, 1.807) is 11.9 Å². The lowest BCUT2D eigenvalue weighted by Crippen LogP contribution is -2.41. The first-order valence-electron chi connectivity index (χ1n) is 5.23. The van der Waals surface area contributed by atoms with Crippen LogP contribution in [0.15, 0.2) is 6.20 Å². The standard InChI is InChI=1S/C10H13N3O4/c1-12-8(7(6-11-12)10(15)16)9(14)13-2-4-17-5-3-13/h6H,2-5H2,1H3,(H,15,16). The molecule has 2 heterocycles. The molecule has 1 aliphatic heterocycles. The molecule has 0 saturated carbocycles. The van der Waals surface area contributed by atoms with Crippen molar-refractivity contribution in [3.63, 3.8) is 0 Å². The number of aromatic nitrogens is 2. The van der Waals surface area contributed by atoms with Gasteiger partial charge in [0.2, 0.25) is 0 Å². The lowest BCUT2D eigenvalue weighted by molar-refractivity contribution is 0.0293. The number of aromatic carboxylic acids is 1. The van der Waals surface area contributed by atoms with Gasteiger partial charge in [0.05, 0.1) is 19.4 Å². The minimum atomic E-state index is -1.14. The zero-order valence-electron chi connectivity index (χ0n) is 9.42. The summed E-state index contributed by atoms with van der Waals surface area (Å²) in [6.45, 7) is 1.91. The highest BCUT2D eigenvalue weighted by atomic mass is 16.5. The third kappa shape index (κ3) is 2.14. The zero-order chi connectivity index (χ0) is 12.4. The molecule has 7 heteroatoms. The first kappa shape index (κ1) is 11.6.